The smallest absolute Gasteiger partial charge is 0.325 e. The molecule has 0 unspecified atom stereocenters. The molecule has 1 saturated heterocycles. The number of pyridine rings is 1. The van der Waals surface area contributed by atoms with Gasteiger partial charge in [0.1, 0.15) is 23.2 Å². The molecule has 6 rings (SSSR count). The van der Waals surface area contributed by atoms with E-state index in [1.165, 1.54) is 11.1 Å². The van der Waals surface area contributed by atoms with E-state index in [-0.39, 0.29) is 6.01 Å². The van der Waals surface area contributed by atoms with Gasteiger partial charge in [0.25, 0.3) is 0 Å². The van der Waals surface area contributed by atoms with Crippen molar-refractivity contribution in [2.24, 2.45) is 4.99 Å². The highest BCUT2D eigenvalue weighted by Crippen LogP contribution is 2.38. The Labute approximate surface area is 221 Å². The van der Waals surface area contributed by atoms with Crippen molar-refractivity contribution in [1.82, 2.24) is 19.9 Å². The van der Waals surface area contributed by atoms with Crippen molar-refractivity contribution >= 4 is 40.7 Å². The molecule has 188 valence electrons. The summed E-state index contributed by atoms with van der Waals surface area (Å²) in [5.41, 5.74) is 5.48. The molecule has 3 aromatic rings. The highest BCUT2D eigenvalue weighted by atomic mass is 35.5. The monoisotopic (exact) mass is 513 g/mol. The summed E-state index contributed by atoms with van der Waals surface area (Å²) in [4.78, 5) is 23.1. The van der Waals surface area contributed by atoms with Crippen LogP contribution in [0.5, 0.6) is 11.8 Å². The van der Waals surface area contributed by atoms with Gasteiger partial charge in [-0.25, -0.2) is 0 Å². The predicted molar refractivity (Wildman–Crippen MR) is 149 cm³/mol. The van der Waals surface area contributed by atoms with Crippen LogP contribution in [0, 0.1) is 0 Å². The summed E-state index contributed by atoms with van der Waals surface area (Å²) in [6.45, 7) is 6.36. The first-order valence-electron chi connectivity index (χ1n) is 12.4. The summed E-state index contributed by atoms with van der Waals surface area (Å²) < 4.78 is 6.19. The van der Waals surface area contributed by atoms with Gasteiger partial charge in [0.05, 0.1) is 17.3 Å². The van der Waals surface area contributed by atoms with Crippen LogP contribution in [0.3, 0.4) is 0 Å². The van der Waals surface area contributed by atoms with Crippen LogP contribution in [0.4, 0.5) is 11.6 Å². The molecule has 0 radical (unpaired) electrons. The van der Waals surface area contributed by atoms with E-state index < -0.39 is 0 Å². The number of rotatable bonds is 5. The number of hydrogen-bond acceptors (Lipinski definition) is 8. The SMILES string of the molecule is CC1=Cc2c(ccc(Oc3nc(NC4=NCC(c5ccccn5)=C4)cc(N4CCN(C)CC4)n3)c2Cl)C1. The molecule has 0 bridgehead atoms. The third-order valence-electron chi connectivity index (χ3n) is 6.80. The molecule has 37 heavy (non-hydrogen) atoms. The lowest BCUT2D eigenvalue weighted by molar-refractivity contribution is 0.311. The Morgan fingerprint density at radius 1 is 1.03 bits per heavy atom. The largest absolute Gasteiger partial charge is 0.423 e. The average molecular weight is 514 g/mol. The van der Waals surface area contributed by atoms with E-state index in [0.717, 1.165) is 61.1 Å². The van der Waals surface area contributed by atoms with Crippen molar-refractivity contribution in [3.63, 3.8) is 0 Å². The van der Waals surface area contributed by atoms with E-state index in [0.29, 0.717) is 23.1 Å². The highest BCUT2D eigenvalue weighted by Gasteiger charge is 2.21. The van der Waals surface area contributed by atoms with Crippen LogP contribution < -0.4 is 15.0 Å². The quantitative estimate of drug-likeness (QED) is 0.518. The summed E-state index contributed by atoms with van der Waals surface area (Å²) in [6.07, 6.45) is 6.82. The molecular formula is C28H28ClN7O. The minimum absolute atomic E-state index is 0.243. The molecule has 2 aromatic heterocycles. The Bertz CT molecular complexity index is 1430. The average Bonchev–Trinajstić information content (AvgIpc) is 3.53. The van der Waals surface area contributed by atoms with Crippen molar-refractivity contribution in [3.05, 3.63) is 76.1 Å². The Kier molecular flexibility index (Phi) is 6.36. The lowest BCUT2D eigenvalue weighted by Gasteiger charge is -2.33. The van der Waals surface area contributed by atoms with Gasteiger partial charge in [0, 0.05) is 49.6 Å². The van der Waals surface area contributed by atoms with E-state index in [4.69, 9.17) is 21.3 Å². The topological polar surface area (TPSA) is 78.8 Å². The van der Waals surface area contributed by atoms with Crippen LogP contribution in [0.2, 0.25) is 5.02 Å². The van der Waals surface area contributed by atoms with Gasteiger partial charge < -0.3 is 19.9 Å². The summed E-state index contributed by atoms with van der Waals surface area (Å²) in [5, 5.41) is 3.94. The molecule has 4 heterocycles. The number of aliphatic imine (C=N–C) groups is 1. The first kappa shape index (κ1) is 23.6. The maximum atomic E-state index is 6.74. The fourth-order valence-corrected chi connectivity index (χ4v) is 5.04. The third kappa shape index (κ3) is 5.08. The van der Waals surface area contributed by atoms with Crippen molar-refractivity contribution < 1.29 is 4.74 Å². The van der Waals surface area contributed by atoms with Gasteiger partial charge in [-0.1, -0.05) is 35.4 Å². The number of piperazine rings is 1. The molecule has 1 fully saturated rings. The third-order valence-corrected chi connectivity index (χ3v) is 7.19. The van der Waals surface area contributed by atoms with Crippen LogP contribution in [0.25, 0.3) is 11.6 Å². The molecule has 0 atom stereocenters. The molecule has 9 heteroatoms. The van der Waals surface area contributed by atoms with Crippen LogP contribution in [0.1, 0.15) is 23.7 Å². The van der Waals surface area contributed by atoms with E-state index >= 15 is 0 Å². The lowest BCUT2D eigenvalue weighted by Crippen LogP contribution is -2.44. The molecule has 0 amide bonds. The Balaban J connectivity index is 1.29. The zero-order chi connectivity index (χ0) is 25.4. The standard InChI is InChI=1S/C28H28ClN7O/c1-18-13-19-6-7-23(27(29)21(19)14-18)37-28-33-25(16-26(34-28)36-11-9-35(2)10-12-36)32-24-15-20(17-31-24)22-5-3-4-8-30-22/h3-8,14-16H,9-13,17H2,1-2H3,(H,31,32,33,34). The van der Waals surface area contributed by atoms with Crippen molar-refractivity contribution in [2.75, 3.05) is 50.0 Å². The van der Waals surface area contributed by atoms with Gasteiger partial charge in [0.15, 0.2) is 0 Å². The van der Waals surface area contributed by atoms with E-state index in [1.807, 2.05) is 36.4 Å². The zero-order valence-electron chi connectivity index (χ0n) is 20.9. The number of anilines is 2. The number of nitrogens with zero attached hydrogens (tertiary/aromatic N) is 6. The predicted octanol–water partition coefficient (Wildman–Crippen LogP) is 4.94. The Hall–Kier alpha value is -3.75. The van der Waals surface area contributed by atoms with Crippen LogP contribution in [0.15, 0.2) is 59.2 Å². The summed E-state index contributed by atoms with van der Waals surface area (Å²) in [6, 6.07) is 12.0. The zero-order valence-corrected chi connectivity index (χ0v) is 21.7. The Morgan fingerprint density at radius 2 is 1.89 bits per heavy atom. The molecule has 0 saturated carbocycles. The van der Waals surface area contributed by atoms with Crippen molar-refractivity contribution in [1.29, 1.82) is 0 Å². The van der Waals surface area contributed by atoms with Crippen LogP contribution in [-0.2, 0) is 6.42 Å². The number of amidine groups is 1. The minimum Gasteiger partial charge on any atom is -0.423 e. The first-order chi connectivity index (χ1) is 18.0. The van der Waals surface area contributed by atoms with Gasteiger partial charge >= 0.3 is 6.01 Å². The maximum Gasteiger partial charge on any atom is 0.325 e. The second-order valence-electron chi connectivity index (χ2n) is 9.62. The van der Waals surface area contributed by atoms with E-state index in [1.54, 1.807) is 6.20 Å². The van der Waals surface area contributed by atoms with Crippen LogP contribution in [-0.4, -0.2) is 65.5 Å². The summed E-state index contributed by atoms with van der Waals surface area (Å²) >= 11 is 6.74. The van der Waals surface area contributed by atoms with Crippen LogP contribution >= 0.6 is 11.6 Å². The van der Waals surface area contributed by atoms with E-state index in [9.17, 15) is 0 Å². The first-order valence-corrected chi connectivity index (χ1v) is 12.8. The molecule has 1 N–H and O–H groups in total. The second kappa shape index (κ2) is 9.95. The number of fused-ring (bicyclic) bond motifs is 1. The van der Waals surface area contributed by atoms with E-state index in [2.05, 4.69) is 56.2 Å². The number of benzene rings is 1. The summed E-state index contributed by atoms with van der Waals surface area (Å²) in [5.74, 6) is 2.69. The van der Waals surface area contributed by atoms with Crippen molar-refractivity contribution in [2.45, 2.75) is 13.3 Å². The number of halogens is 1. The number of hydrogen-bond donors (Lipinski definition) is 1. The fraction of sp³-hybridized carbons (Fsp3) is 0.286. The number of ether oxygens (including phenoxy) is 1. The van der Waals surface area contributed by atoms with Gasteiger partial charge in [-0.2, -0.15) is 9.97 Å². The molecule has 1 aliphatic carbocycles. The minimum atomic E-state index is 0.243. The summed E-state index contributed by atoms with van der Waals surface area (Å²) in [7, 11) is 2.13. The van der Waals surface area contributed by atoms with Gasteiger partial charge in [0.2, 0.25) is 0 Å². The molecule has 0 spiro atoms. The van der Waals surface area contributed by atoms with Gasteiger partial charge in [-0.15, -0.1) is 0 Å². The van der Waals surface area contributed by atoms with Crippen molar-refractivity contribution in [3.8, 4) is 11.8 Å². The normalized spacial score (nSPS) is 17.3. The second-order valence-corrected chi connectivity index (χ2v) is 9.99. The fourth-order valence-electron chi connectivity index (χ4n) is 4.76. The lowest BCUT2D eigenvalue weighted by atomic mass is 10.1. The Morgan fingerprint density at radius 3 is 2.70 bits per heavy atom. The molecule has 8 nitrogen and oxygen atoms in total. The number of aromatic nitrogens is 3. The van der Waals surface area contributed by atoms with Gasteiger partial charge in [-0.3, -0.25) is 9.98 Å². The molecule has 3 aliphatic rings. The molecule has 1 aromatic carbocycles. The number of nitrogens with one attached hydrogen (secondary N) is 1. The maximum absolute atomic E-state index is 6.74. The number of allylic oxidation sites excluding steroid dienone is 1. The molecular weight excluding hydrogens is 486 g/mol. The molecule has 2 aliphatic heterocycles. The van der Waals surface area contributed by atoms with Gasteiger partial charge in [-0.05, 0) is 50.2 Å². The highest BCUT2D eigenvalue weighted by molar-refractivity contribution is 6.33. The number of likely N-dealkylation sites (N-methyl/N-ethyl adjacent to an activating group) is 1.